The predicted molar refractivity (Wildman–Crippen MR) is 81.4 cm³/mol. The van der Waals surface area contributed by atoms with Crippen LogP contribution in [0.15, 0.2) is 23.1 Å². The third kappa shape index (κ3) is 3.61. The molecule has 0 aromatic heterocycles. The van der Waals surface area contributed by atoms with Crippen molar-refractivity contribution in [1.82, 2.24) is 5.32 Å². The van der Waals surface area contributed by atoms with Crippen LogP contribution in [0.25, 0.3) is 0 Å². The fourth-order valence-corrected chi connectivity index (χ4v) is 3.28. The lowest BCUT2D eigenvalue weighted by Gasteiger charge is -2.32. The zero-order valence-electron chi connectivity index (χ0n) is 12.3. The van der Waals surface area contributed by atoms with Crippen LogP contribution < -0.4 is 15.8 Å². The Morgan fingerprint density at radius 2 is 1.95 bits per heavy atom. The molecule has 1 saturated heterocycles. The molecular formula is C14H21N3O3S. The summed E-state index contributed by atoms with van der Waals surface area (Å²) in [4.78, 5) is 12.5. The molecule has 1 amide bonds. The summed E-state index contributed by atoms with van der Waals surface area (Å²) >= 11 is 0. The minimum Gasteiger partial charge on any atom is -0.326 e. The van der Waals surface area contributed by atoms with E-state index in [1.165, 1.54) is 6.07 Å². The topological polar surface area (TPSA) is 101 Å². The number of nitrogens with two attached hydrogens (primary N) is 1. The van der Waals surface area contributed by atoms with Gasteiger partial charge in [-0.3, -0.25) is 4.79 Å². The van der Waals surface area contributed by atoms with Gasteiger partial charge >= 0.3 is 0 Å². The maximum absolute atomic E-state index is 12.4. The van der Waals surface area contributed by atoms with Crippen LogP contribution in [0.5, 0.6) is 0 Å². The van der Waals surface area contributed by atoms with Gasteiger partial charge in [-0.15, -0.1) is 0 Å². The maximum atomic E-state index is 12.4. The number of carbonyl (C=O) groups excluding carboxylic acids is 1. The molecule has 4 N–H and O–H groups in total. The monoisotopic (exact) mass is 311 g/mol. The molecule has 0 radical (unpaired) electrons. The summed E-state index contributed by atoms with van der Waals surface area (Å²) in [5, 5.41) is 11.2. The molecule has 0 spiro atoms. The van der Waals surface area contributed by atoms with Crippen molar-refractivity contribution in [3.8, 4) is 0 Å². The van der Waals surface area contributed by atoms with Crippen LogP contribution >= 0.6 is 0 Å². The van der Waals surface area contributed by atoms with Crippen LogP contribution in [0.1, 0.15) is 25.3 Å². The van der Waals surface area contributed by atoms with Gasteiger partial charge in [-0.25, -0.2) is 13.6 Å². The molecule has 0 aliphatic carbocycles. The molecular weight excluding hydrogens is 290 g/mol. The van der Waals surface area contributed by atoms with Crippen molar-refractivity contribution in [3.63, 3.8) is 0 Å². The molecule has 21 heavy (non-hydrogen) atoms. The van der Waals surface area contributed by atoms with Gasteiger partial charge in [-0.2, -0.15) is 0 Å². The van der Waals surface area contributed by atoms with Gasteiger partial charge in [0.05, 0.1) is 4.90 Å². The van der Waals surface area contributed by atoms with Crippen LogP contribution in [-0.2, 0) is 14.8 Å². The molecule has 1 aliphatic rings. The van der Waals surface area contributed by atoms with Gasteiger partial charge in [-0.05, 0) is 50.6 Å². The number of aryl methyl sites for hydroxylation is 1. The van der Waals surface area contributed by atoms with Crippen LogP contribution in [0.2, 0.25) is 0 Å². The highest BCUT2D eigenvalue weighted by molar-refractivity contribution is 7.89. The Kier molecular flexibility index (Phi) is 4.36. The van der Waals surface area contributed by atoms with Gasteiger partial charge in [0.2, 0.25) is 15.9 Å². The number of sulfonamides is 1. The molecule has 0 unspecified atom stereocenters. The second-order valence-electron chi connectivity index (χ2n) is 5.79. The first-order valence-corrected chi connectivity index (χ1v) is 8.43. The van der Waals surface area contributed by atoms with Crippen molar-refractivity contribution in [2.75, 3.05) is 18.4 Å². The molecule has 1 heterocycles. The Morgan fingerprint density at radius 1 is 1.33 bits per heavy atom. The normalized spacial score (nSPS) is 18.2. The summed E-state index contributed by atoms with van der Waals surface area (Å²) in [5.74, 6) is -0.0896. The highest BCUT2D eigenvalue weighted by atomic mass is 32.2. The first-order valence-electron chi connectivity index (χ1n) is 6.88. The van der Waals surface area contributed by atoms with E-state index in [0.29, 0.717) is 11.3 Å². The lowest BCUT2D eigenvalue weighted by molar-refractivity contribution is -0.126. The number of hydrogen-bond acceptors (Lipinski definition) is 4. The number of benzene rings is 1. The van der Waals surface area contributed by atoms with E-state index in [1.807, 2.05) is 6.92 Å². The van der Waals surface area contributed by atoms with E-state index in [9.17, 15) is 13.2 Å². The molecule has 0 bridgehead atoms. The lowest BCUT2D eigenvalue weighted by Crippen LogP contribution is -2.42. The number of hydrogen-bond donors (Lipinski definition) is 3. The third-order valence-corrected chi connectivity index (χ3v) is 5.06. The fraction of sp³-hybridized carbons (Fsp3) is 0.500. The minimum atomic E-state index is -3.79. The van der Waals surface area contributed by atoms with Gasteiger partial charge in [0.15, 0.2) is 0 Å². The number of piperidine rings is 1. The Hall–Kier alpha value is -1.44. The van der Waals surface area contributed by atoms with Gasteiger partial charge in [0, 0.05) is 11.1 Å². The number of anilines is 1. The second-order valence-corrected chi connectivity index (χ2v) is 7.32. The molecule has 116 valence electrons. The lowest BCUT2D eigenvalue weighted by atomic mass is 9.80. The van der Waals surface area contributed by atoms with Crippen LogP contribution in [0.4, 0.5) is 5.69 Å². The molecule has 0 saturated carbocycles. The molecule has 1 fully saturated rings. The van der Waals surface area contributed by atoms with Crippen molar-refractivity contribution in [1.29, 1.82) is 0 Å². The molecule has 0 atom stereocenters. The summed E-state index contributed by atoms with van der Waals surface area (Å²) < 4.78 is 23.0. The summed E-state index contributed by atoms with van der Waals surface area (Å²) in [6.07, 6.45) is 1.51. The van der Waals surface area contributed by atoms with E-state index < -0.39 is 15.4 Å². The fourth-order valence-electron chi connectivity index (χ4n) is 2.47. The highest BCUT2D eigenvalue weighted by Gasteiger charge is 2.34. The Balaban J connectivity index is 2.22. The molecule has 1 aromatic rings. The van der Waals surface area contributed by atoms with Gasteiger partial charge in [-0.1, -0.05) is 13.0 Å². The summed E-state index contributed by atoms with van der Waals surface area (Å²) in [6.45, 7) is 5.21. The Morgan fingerprint density at radius 3 is 2.52 bits per heavy atom. The van der Waals surface area contributed by atoms with Crippen molar-refractivity contribution >= 4 is 21.6 Å². The van der Waals surface area contributed by atoms with Crippen molar-refractivity contribution in [2.45, 2.75) is 31.6 Å². The van der Waals surface area contributed by atoms with Gasteiger partial charge in [0.25, 0.3) is 0 Å². The number of rotatable bonds is 3. The molecule has 1 aliphatic heterocycles. The van der Waals surface area contributed by atoms with Gasteiger partial charge in [0.1, 0.15) is 0 Å². The first-order chi connectivity index (χ1) is 9.72. The van der Waals surface area contributed by atoms with Crippen molar-refractivity contribution < 1.29 is 13.2 Å². The molecule has 7 heteroatoms. The van der Waals surface area contributed by atoms with Crippen LogP contribution in [0, 0.1) is 12.3 Å². The maximum Gasteiger partial charge on any atom is 0.238 e. The number of carbonyl (C=O) groups is 1. The number of primary sulfonamides is 1. The van der Waals surface area contributed by atoms with E-state index in [-0.39, 0.29) is 10.8 Å². The average molecular weight is 311 g/mol. The second kappa shape index (κ2) is 5.75. The number of nitrogens with one attached hydrogen (secondary N) is 2. The standard InChI is InChI=1S/C14H21N3O3S/c1-10-3-4-11(9-12(10)21(15,19)20)17-13(18)14(2)5-7-16-8-6-14/h3-4,9,16H,5-8H2,1-2H3,(H,17,18)(H2,15,19,20). The Bertz CT molecular complexity index is 649. The summed E-state index contributed by atoms with van der Waals surface area (Å²) in [6, 6.07) is 4.74. The predicted octanol–water partition coefficient (Wildman–Crippen LogP) is 0.971. The largest absolute Gasteiger partial charge is 0.326 e. The van der Waals surface area contributed by atoms with Gasteiger partial charge < -0.3 is 10.6 Å². The van der Waals surface area contributed by atoms with Crippen molar-refractivity contribution in [2.24, 2.45) is 10.6 Å². The van der Waals surface area contributed by atoms with E-state index in [0.717, 1.165) is 25.9 Å². The van der Waals surface area contributed by atoms with E-state index in [2.05, 4.69) is 10.6 Å². The number of amides is 1. The van der Waals surface area contributed by atoms with E-state index in [1.54, 1.807) is 19.1 Å². The summed E-state index contributed by atoms with van der Waals surface area (Å²) in [7, 11) is -3.79. The zero-order chi connectivity index (χ0) is 15.7. The van der Waals surface area contributed by atoms with Crippen molar-refractivity contribution in [3.05, 3.63) is 23.8 Å². The third-order valence-electron chi connectivity index (χ3n) is 4.01. The smallest absolute Gasteiger partial charge is 0.238 e. The molecule has 6 nitrogen and oxygen atoms in total. The van der Waals surface area contributed by atoms with E-state index in [4.69, 9.17) is 5.14 Å². The average Bonchev–Trinajstić information content (AvgIpc) is 2.40. The van der Waals surface area contributed by atoms with Crippen LogP contribution in [0.3, 0.4) is 0 Å². The highest BCUT2D eigenvalue weighted by Crippen LogP contribution is 2.30. The minimum absolute atomic E-state index is 0.0377. The molecule has 2 rings (SSSR count). The van der Waals surface area contributed by atoms with Crippen LogP contribution in [-0.4, -0.2) is 27.4 Å². The SMILES string of the molecule is Cc1ccc(NC(=O)C2(C)CCNCC2)cc1S(N)(=O)=O. The zero-order valence-corrected chi connectivity index (χ0v) is 13.1. The Labute approximate surface area is 125 Å². The first kappa shape index (κ1) is 15.9. The van der Waals surface area contributed by atoms with E-state index >= 15 is 0 Å². The summed E-state index contributed by atoms with van der Waals surface area (Å²) in [5.41, 5.74) is 0.579. The quantitative estimate of drug-likeness (QED) is 0.774. The molecule has 1 aromatic carbocycles.